The van der Waals surface area contributed by atoms with Gasteiger partial charge in [0.05, 0.1) is 21.6 Å². The third-order valence-corrected chi connectivity index (χ3v) is 3.14. The van der Waals surface area contributed by atoms with E-state index in [-0.39, 0.29) is 27.8 Å². The van der Waals surface area contributed by atoms with E-state index in [2.05, 4.69) is 0 Å². The highest BCUT2D eigenvalue weighted by Gasteiger charge is 2.17. The summed E-state index contributed by atoms with van der Waals surface area (Å²) < 4.78 is 0. The van der Waals surface area contributed by atoms with Crippen LogP contribution in [0, 0.1) is 10.1 Å². The van der Waals surface area contributed by atoms with Gasteiger partial charge in [-0.2, -0.15) is 0 Å². The van der Waals surface area contributed by atoms with Crippen LogP contribution in [0.25, 0.3) is 11.1 Å². The molecule has 0 bridgehead atoms. The number of carboxylic acids is 3. The molecule has 3 N–H and O–H groups in total. The molecule has 9 nitrogen and oxygen atoms in total. The molecule has 0 aliphatic heterocycles. The summed E-state index contributed by atoms with van der Waals surface area (Å²) in [5, 5.41) is 38.1. The summed E-state index contributed by atoms with van der Waals surface area (Å²) in [6.45, 7) is 0. The number of rotatable bonds is 5. The fraction of sp³-hybridized carbons (Fsp3) is 0. The van der Waals surface area contributed by atoms with Crippen molar-refractivity contribution < 1.29 is 34.6 Å². The van der Waals surface area contributed by atoms with E-state index in [4.69, 9.17) is 15.3 Å². The standard InChI is InChI=1S/C15H9NO8/c17-13(18)9-1-7(2-10(4-9)14(19)20)8-3-11(15(21)22)6-12(5-8)16(23)24/h1-6H,(H,17,18)(H,19,20)(H,21,22). The molecular weight excluding hydrogens is 322 g/mol. The molecule has 0 amide bonds. The number of carboxylic acid groups (broad SMARTS) is 3. The smallest absolute Gasteiger partial charge is 0.335 e. The number of aromatic carboxylic acids is 3. The van der Waals surface area contributed by atoms with Crippen LogP contribution in [-0.4, -0.2) is 38.2 Å². The Morgan fingerprint density at radius 3 is 1.46 bits per heavy atom. The quantitative estimate of drug-likeness (QED) is 0.557. The molecule has 2 aromatic rings. The highest BCUT2D eigenvalue weighted by atomic mass is 16.6. The maximum Gasteiger partial charge on any atom is 0.335 e. The minimum Gasteiger partial charge on any atom is -0.478 e. The van der Waals surface area contributed by atoms with E-state index in [1.165, 1.54) is 0 Å². The van der Waals surface area contributed by atoms with Crippen molar-refractivity contribution in [3.8, 4) is 11.1 Å². The summed E-state index contributed by atoms with van der Waals surface area (Å²) in [6.07, 6.45) is 0. The number of nitro groups is 1. The molecule has 0 aromatic heterocycles. The van der Waals surface area contributed by atoms with Crippen LogP contribution in [0.5, 0.6) is 0 Å². The van der Waals surface area contributed by atoms with Crippen molar-refractivity contribution >= 4 is 23.6 Å². The summed E-state index contributed by atoms with van der Waals surface area (Å²) in [5.41, 5.74) is -1.51. The molecule has 0 radical (unpaired) electrons. The Labute approximate surface area is 133 Å². The second-order valence-electron chi connectivity index (χ2n) is 4.74. The van der Waals surface area contributed by atoms with Gasteiger partial charge in [-0.1, -0.05) is 0 Å². The Morgan fingerprint density at radius 2 is 1.08 bits per heavy atom. The van der Waals surface area contributed by atoms with Crippen LogP contribution in [0.4, 0.5) is 5.69 Å². The zero-order chi connectivity index (χ0) is 18.0. The van der Waals surface area contributed by atoms with Gasteiger partial charge < -0.3 is 15.3 Å². The van der Waals surface area contributed by atoms with Gasteiger partial charge in [-0.05, 0) is 35.4 Å². The third-order valence-electron chi connectivity index (χ3n) is 3.14. The molecule has 9 heteroatoms. The Hall–Kier alpha value is -3.75. The molecule has 0 heterocycles. The average molecular weight is 331 g/mol. The van der Waals surface area contributed by atoms with Crippen molar-refractivity contribution in [2.45, 2.75) is 0 Å². The van der Waals surface area contributed by atoms with Gasteiger partial charge >= 0.3 is 17.9 Å². The van der Waals surface area contributed by atoms with E-state index < -0.39 is 28.5 Å². The Morgan fingerprint density at radius 1 is 0.708 bits per heavy atom. The lowest BCUT2D eigenvalue weighted by atomic mass is 9.97. The molecule has 2 rings (SSSR count). The molecule has 0 saturated carbocycles. The molecule has 0 spiro atoms. The summed E-state index contributed by atoms with van der Waals surface area (Å²) in [7, 11) is 0. The fourth-order valence-corrected chi connectivity index (χ4v) is 2.05. The van der Waals surface area contributed by atoms with Crippen LogP contribution in [-0.2, 0) is 0 Å². The number of non-ortho nitro benzene ring substituents is 1. The van der Waals surface area contributed by atoms with Crippen molar-refractivity contribution in [3.05, 3.63) is 63.2 Å². The van der Waals surface area contributed by atoms with Crippen molar-refractivity contribution in [2.75, 3.05) is 0 Å². The first-order valence-electron chi connectivity index (χ1n) is 6.34. The van der Waals surface area contributed by atoms with Crippen LogP contribution >= 0.6 is 0 Å². The average Bonchev–Trinajstić information content (AvgIpc) is 2.53. The van der Waals surface area contributed by atoms with Gasteiger partial charge in [0.25, 0.3) is 5.69 Å². The topological polar surface area (TPSA) is 155 Å². The van der Waals surface area contributed by atoms with Crippen LogP contribution in [0.1, 0.15) is 31.1 Å². The monoisotopic (exact) mass is 331 g/mol. The van der Waals surface area contributed by atoms with Crippen molar-refractivity contribution in [3.63, 3.8) is 0 Å². The van der Waals surface area contributed by atoms with E-state index in [1.807, 2.05) is 0 Å². The predicted octanol–water partition coefficient (Wildman–Crippen LogP) is 2.36. The molecule has 0 aliphatic rings. The van der Waals surface area contributed by atoms with Crippen LogP contribution in [0.2, 0.25) is 0 Å². The Bertz CT molecular complexity index is 749. The molecule has 0 fully saturated rings. The van der Waals surface area contributed by atoms with E-state index in [0.717, 1.165) is 36.4 Å². The second kappa shape index (κ2) is 6.16. The normalized spacial score (nSPS) is 10.2. The molecule has 122 valence electrons. The van der Waals surface area contributed by atoms with Gasteiger partial charge in [0, 0.05) is 12.1 Å². The lowest BCUT2D eigenvalue weighted by Crippen LogP contribution is -2.04. The zero-order valence-corrected chi connectivity index (χ0v) is 11.8. The van der Waals surface area contributed by atoms with Gasteiger partial charge in [0.15, 0.2) is 0 Å². The summed E-state index contributed by atoms with van der Waals surface area (Å²) in [6, 6.07) is 6.15. The first-order valence-corrected chi connectivity index (χ1v) is 6.34. The van der Waals surface area contributed by atoms with Gasteiger partial charge in [-0.25, -0.2) is 14.4 Å². The SMILES string of the molecule is O=C(O)c1cc(C(=O)O)cc(-c2cc(C(=O)O)cc([N+](=O)[O-])c2)c1. The van der Waals surface area contributed by atoms with Gasteiger partial charge in [0.2, 0.25) is 0 Å². The molecule has 24 heavy (non-hydrogen) atoms. The second-order valence-corrected chi connectivity index (χ2v) is 4.74. The van der Waals surface area contributed by atoms with Crippen LogP contribution < -0.4 is 0 Å². The molecule has 2 aromatic carbocycles. The first kappa shape index (κ1) is 16.6. The molecule has 0 atom stereocenters. The van der Waals surface area contributed by atoms with Crippen LogP contribution in [0.15, 0.2) is 36.4 Å². The summed E-state index contributed by atoms with van der Waals surface area (Å²) in [5.74, 6) is -4.18. The minimum absolute atomic E-state index is 0.0206. The summed E-state index contributed by atoms with van der Waals surface area (Å²) in [4.78, 5) is 43.5. The molecule has 0 aliphatic carbocycles. The number of nitro benzene ring substituents is 1. The molecule has 0 saturated heterocycles. The Balaban J connectivity index is 2.74. The molecular formula is C15H9NO8. The number of hydrogen-bond donors (Lipinski definition) is 3. The fourth-order valence-electron chi connectivity index (χ4n) is 2.05. The van der Waals surface area contributed by atoms with Crippen LogP contribution in [0.3, 0.4) is 0 Å². The summed E-state index contributed by atoms with van der Waals surface area (Å²) >= 11 is 0. The maximum absolute atomic E-state index is 11.1. The Kier molecular flexibility index (Phi) is 4.27. The predicted molar refractivity (Wildman–Crippen MR) is 79.4 cm³/mol. The highest BCUT2D eigenvalue weighted by Crippen LogP contribution is 2.28. The first-order chi connectivity index (χ1) is 11.2. The zero-order valence-electron chi connectivity index (χ0n) is 11.8. The minimum atomic E-state index is -1.41. The number of hydrogen-bond acceptors (Lipinski definition) is 5. The van der Waals surface area contributed by atoms with E-state index in [0.29, 0.717) is 0 Å². The van der Waals surface area contributed by atoms with Crippen molar-refractivity contribution in [1.82, 2.24) is 0 Å². The van der Waals surface area contributed by atoms with E-state index in [1.54, 1.807) is 0 Å². The van der Waals surface area contributed by atoms with Gasteiger partial charge in [0.1, 0.15) is 0 Å². The van der Waals surface area contributed by atoms with E-state index in [9.17, 15) is 24.5 Å². The van der Waals surface area contributed by atoms with Gasteiger partial charge in [-0.3, -0.25) is 10.1 Å². The number of benzene rings is 2. The largest absolute Gasteiger partial charge is 0.478 e. The van der Waals surface area contributed by atoms with Gasteiger partial charge in [-0.15, -0.1) is 0 Å². The number of carbonyl (C=O) groups is 3. The lowest BCUT2D eigenvalue weighted by molar-refractivity contribution is -0.384. The highest BCUT2D eigenvalue weighted by molar-refractivity contribution is 5.97. The van der Waals surface area contributed by atoms with Crippen molar-refractivity contribution in [1.29, 1.82) is 0 Å². The molecule has 0 unspecified atom stereocenters. The van der Waals surface area contributed by atoms with E-state index >= 15 is 0 Å². The van der Waals surface area contributed by atoms with Crippen molar-refractivity contribution in [2.24, 2.45) is 0 Å². The maximum atomic E-state index is 11.1. The third kappa shape index (κ3) is 3.35. The lowest BCUT2D eigenvalue weighted by Gasteiger charge is -2.07. The number of nitrogens with zero attached hydrogens (tertiary/aromatic N) is 1.